The van der Waals surface area contributed by atoms with Crippen molar-refractivity contribution < 1.29 is 31.5 Å². The van der Waals surface area contributed by atoms with Gasteiger partial charge in [-0.05, 0) is 60.5 Å². The van der Waals surface area contributed by atoms with Crippen molar-refractivity contribution in [1.29, 1.82) is 0 Å². The summed E-state index contributed by atoms with van der Waals surface area (Å²) < 4.78 is 58.3. The summed E-state index contributed by atoms with van der Waals surface area (Å²) in [5.74, 6) is -2.39. The maximum Gasteiger partial charge on any atom is 0.340 e. The lowest BCUT2D eigenvalue weighted by atomic mass is 10.1. The number of rotatable bonds is 9. The molecule has 0 saturated heterocycles. The number of nitrogens with one attached hydrogen (secondary N) is 2. The maximum atomic E-state index is 13.1. The fourth-order valence-electron chi connectivity index (χ4n) is 2.82. The zero-order chi connectivity index (χ0) is 23.8. The van der Waals surface area contributed by atoms with E-state index in [1.54, 1.807) is 12.1 Å². The lowest BCUT2D eigenvalue weighted by Crippen LogP contribution is -2.30. The van der Waals surface area contributed by atoms with Crippen LogP contribution in [0.4, 0.5) is 14.5 Å². The molecule has 2 N–H and O–H groups in total. The van der Waals surface area contributed by atoms with Crippen molar-refractivity contribution in [3.05, 3.63) is 95.6 Å². The third kappa shape index (κ3) is 6.84. The van der Waals surface area contributed by atoms with Crippen LogP contribution < -0.4 is 10.0 Å². The number of amides is 1. The molecule has 0 aromatic heterocycles. The second-order valence-corrected chi connectivity index (χ2v) is 8.59. The highest BCUT2D eigenvalue weighted by atomic mass is 32.2. The van der Waals surface area contributed by atoms with Gasteiger partial charge >= 0.3 is 5.97 Å². The second-order valence-electron chi connectivity index (χ2n) is 6.91. The molecule has 0 aliphatic heterocycles. The van der Waals surface area contributed by atoms with Gasteiger partial charge in [-0.2, -0.15) is 0 Å². The third-order valence-corrected chi connectivity index (χ3v) is 5.88. The Kier molecular flexibility index (Phi) is 7.73. The van der Waals surface area contributed by atoms with Gasteiger partial charge in [-0.3, -0.25) is 9.52 Å². The summed E-state index contributed by atoms with van der Waals surface area (Å²) in [6.45, 7) is -0.308. The number of sulfonamides is 1. The number of carbonyl (C=O) groups is 2. The molecule has 7 nitrogen and oxygen atoms in total. The third-order valence-electron chi connectivity index (χ3n) is 4.50. The van der Waals surface area contributed by atoms with Crippen LogP contribution in [0.15, 0.2) is 77.7 Å². The van der Waals surface area contributed by atoms with Gasteiger partial charge in [0.1, 0.15) is 11.6 Å². The normalized spacial score (nSPS) is 11.0. The smallest absolute Gasteiger partial charge is 0.340 e. The lowest BCUT2D eigenvalue weighted by Gasteiger charge is -2.12. The Morgan fingerprint density at radius 3 is 2.12 bits per heavy atom. The molecule has 0 atom stereocenters. The number of esters is 1. The number of hydrogen-bond donors (Lipinski definition) is 2. The highest BCUT2D eigenvalue weighted by molar-refractivity contribution is 7.92. The summed E-state index contributed by atoms with van der Waals surface area (Å²) in [6.07, 6.45) is 0.466. The SMILES string of the molecule is O=C(COC(=O)c1ccccc1NS(=O)(=O)c1ccc(F)cc1)NCCc1ccc(F)cc1. The van der Waals surface area contributed by atoms with E-state index in [4.69, 9.17) is 4.74 Å². The molecule has 0 fully saturated rings. The summed E-state index contributed by atoms with van der Waals surface area (Å²) in [4.78, 5) is 24.2. The fraction of sp³-hybridized carbons (Fsp3) is 0.130. The van der Waals surface area contributed by atoms with Crippen LogP contribution in [0.2, 0.25) is 0 Å². The van der Waals surface area contributed by atoms with Gasteiger partial charge in [0.15, 0.2) is 6.61 Å². The van der Waals surface area contributed by atoms with Gasteiger partial charge in [0.25, 0.3) is 15.9 Å². The standard InChI is InChI=1S/C23H20F2N2O5S/c24-17-7-5-16(6-8-17)13-14-26-22(28)15-32-23(29)20-3-1-2-4-21(20)27-33(30,31)19-11-9-18(25)10-12-19/h1-12,27H,13-15H2,(H,26,28). The minimum atomic E-state index is -4.09. The van der Waals surface area contributed by atoms with E-state index < -0.39 is 34.3 Å². The first kappa shape index (κ1) is 23.9. The minimum Gasteiger partial charge on any atom is -0.452 e. The first-order valence-corrected chi connectivity index (χ1v) is 11.3. The lowest BCUT2D eigenvalue weighted by molar-refractivity contribution is -0.124. The molecule has 0 radical (unpaired) electrons. The van der Waals surface area contributed by atoms with Crippen molar-refractivity contribution in [3.8, 4) is 0 Å². The molecule has 0 heterocycles. The van der Waals surface area contributed by atoms with Crippen molar-refractivity contribution in [3.63, 3.8) is 0 Å². The summed E-state index contributed by atoms with van der Waals surface area (Å²) in [7, 11) is -4.09. The molecule has 0 bridgehead atoms. The molecule has 172 valence electrons. The first-order valence-electron chi connectivity index (χ1n) is 9.80. The molecule has 10 heteroatoms. The minimum absolute atomic E-state index is 0.0523. The average Bonchev–Trinajstić information content (AvgIpc) is 2.79. The van der Waals surface area contributed by atoms with Crippen molar-refractivity contribution >= 4 is 27.6 Å². The number of halogens is 2. The van der Waals surface area contributed by atoms with Crippen molar-refractivity contribution in [1.82, 2.24) is 5.32 Å². The Bertz CT molecular complexity index is 1230. The maximum absolute atomic E-state index is 13.1. The van der Waals surface area contributed by atoms with Crippen molar-refractivity contribution in [2.24, 2.45) is 0 Å². The Morgan fingerprint density at radius 1 is 0.848 bits per heavy atom. The fourth-order valence-corrected chi connectivity index (χ4v) is 3.90. The topological polar surface area (TPSA) is 102 Å². The molecule has 3 aromatic rings. The molecule has 0 unspecified atom stereocenters. The van der Waals surface area contributed by atoms with Crippen LogP contribution in [0.5, 0.6) is 0 Å². The van der Waals surface area contributed by atoms with Gasteiger partial charge in [0.2, 0.25) is 0 Å². The van der Waals surface area contributed by atoms with E-state index in [2.05, 4.69) is 10.0 Å². The van der Waals surface area contributed by atoms with E-state index in [1.807, 2.05) is 0 Å². The molecule has 3 rings (SSSR count). The van der Waals surface area contributed by atoms with E-state index in [-0.39, 0.29) is 28.5 Å². The van der Waals surface area contributed by atoms with E-state index in [0.717, 1.165) is 29.8 Å². The number of para-hydroxylation sites is 1. The molecule has 0 aliphatic rings. The summed E-state index contributed by atoms with van der Waals surface area (Å²) >= 11 is 0. The predicted octanol–water partition coefficient (Wildman–Crippen LogP) is 3.28. The molecule has 3 aromatic carbocycles. The monoisotopic (exact) mass is 474 g/mol. The van der Waals surface area contributed by atoms with E-state index in [9.17, 15) is 26.8 Å². The van der Waals surface area contributed by atoms with Crippen LogP contribution in [0.25, 0.3) is 0 Å². The predicted molar refractivity (Wildman–Crippen MR) is 117 cm³/mol. The molecule has 0 aliphatic carbocycles. The molecule has 1 amide bonds. The number of benzene rings is 3. The van der Waals surface area contributed by atoms with Crippen LogP contribution in [0.3, 0.4) is 0 Å². The van der Waals surface area contributed by atoms with Crippen LogP contribution in [-0.4, -0.2) is 33.4 Å². The number of hydrogen-bond acceptors (Lipinski definition) is 5. The largest absolute Gasteiger partial charge is 0.452 e. The van der Waals surface area contributed by atoms with Gasteiger partial charge in [0.05, 0.1) is 16.1 Å². The van der Waals surface area contributed by atoms with Crippen LogP contribution >= 0.6 is 0 Å². The number of anilines is 1. The number of ether oxygens (including phenoxy) is 1. The van der Waals surface area contributed by atoms with Crippen molar-refractivity contribution in [2.75, 3.05) is 17.9 Å². The molecular weight excluding hydrogens is 454 g/mol. The zero-order valence-electron chi connectivity index (χ0n) is 17.3. The van der Waals surface area contributed by atoms with Gasteiger partial charge < -0.3 is 10.1 Å². The van der Waals surface area contributed by atoms with Gasteiger partial charge in [0, 0.05) is 6.54 Å². The molecule has 0 spiro atoms. The summed E-state index contributed by atoms with van der Waals surface area (Å²) in [5.41, 5.74) is 0.682. The van der Waals surface area contributed by atoms with Crippen LogP contribution in [-0.2, 0) is 26.0 Å². The Hall–Kier alpha value is -3.79. The average molecular weight is 474 g/mol. The first-order chi connectivity index (χ1) is 15.7. The Labute approximate surface area is 189 Å². The number of carbonyl (C=O) groups excluding carboxylic acids is 2. The van der Waals surface area contributed by atoms with Crippen molar-refractivity contribution in [2.45, 2.75) is 11.3 Å². The molecule has 0 saturated carbocycles. The van der Waals surface area contributed by atoms with E-state index >= 15 is 0 Å². The summed E-state index contributed by atoms with van der Waals surface area (Å²) in [5, 5.41) is 2.58. The van der Waals surface area contributed by atoms with E-state index in [0.29, 0.717) is 6.42 Å². The second kappa shape index (κ2) is 10.7. The van der Waals surface area contributed by atoms with Gasteiger partial charge in [-0.1, -0.05) is 24.3 Å². The van der Waals surface area contributed by atoms with Gasteiger partial charge in [-0.15, -0.1) is 0 Å². The van der Waals surface area contributed by atoms with Crippen LogP contribution in [0, 0.1) is 11.6 Å². The van der Waals surface area contributed by atoms with Crippen LogP contribution in [0.1, 0.15) is 15.9 Å². The van der Waals surface area contributed by atoms with Gasteiger partial charge in [-0.25, -0.2) is 22.0 Å². The Morgan fingerprint density at radius 2 is 1.45 bits per heavy atom. The highest BCUT2D eigenvalue weighted by Crippen LogP contribution is 2.21. The highest BCUT2D eigenvalue weighted by Gasteiger charge is 2.20. The van der Waals surface area contributed by atoms with E-state index in [1.165, 1.54) is 36.4 Å². The quantitative estimate of drug-likeness (QED) is 0.464. The molecule has 33 heavy (non-hydrogen) atoms. The molecular formula is C23H20F2N2O5S. The Balaban J connectivity index is 1.56. The summed E-state index contributed by atoms with van der Waals surface area (Å²) in [6, 6.07) is 15.8. The zero-order valence-corrected chi connectivity index (χ0v) is 18.1.